The van der Waals surface area contributed by atoms with Gasteiger partial charge in [0.2, 0.25) is 0 Å². The summed E-state index contributed by atoms with van der Waals surface area (Å²) in [5.74, 6) is 0. The minimum absolute atomic E-state index is 0.229. The van der Waals surface area contributed by atoms with E-state index >= 15 is 0 Å². The van der Waals surface area contributed by atoms with Gasteiger partial charge >= 0.3 is 0 Å². The molecule has 4 nitrogen and oxygen atoms in total. The molecular weight excluding hydrogens is 198 g/mol. The van der Waals surface area contributed by atoms with Crippen molar-refractivity contribution in [2.75, 3.05) is 0 Å². The lowest BCUT2D eigenvalue weighted by Crippen LogP contribution is -2.01. The van der Waals surface area contributed by atoms with Gasteiger partial charge in [-0.3, -0.25) is 4.79 Å². The smallest absolute Gasteiger partial charge is 0.275 e. The van der Waals surface area contributed by atoms with Crippen molar-refractivity contribution in [2.24, 2.45) is 10.2 Å². The number of azo groups is 1. The predicted molar refractivity (Wildman–Crippen MR) is 55.6 cm³/mol. The summed E-state index contributed by atoms with van der Waals surface area (Å²) in [5, 5.41) is 10.5. The highest BCUT2D eigenvalue weighted by Crippen LogP contribution is 2.20. The number of H-pyrrole nitrogens is 1. The summed E-state index contributed by atoms with van der Waals surface area (Å²) >= 11 is 1.48. The average Bonchev–Trinajstić information content (AvgIpc) is 2.69. The molecule has 0 fully saturated rings. The van der Waals surface area contributed by atoms with Gasteiger partial charge in [0, 0.05) is 6.20 Å². The maximum Gasteiger partial charge on any atom is 0.275 e. The maximum absolute atomic E-state index is 11.2. The van der Waals surface area contributed by atoms with Crippen LogP contribution in [0.5, 0.6) is 0 Å². The van der Waals surface area contributed by atoms with Crippen LogP contribution in [-0.2, 0) is 0 Å². The highest BCUT2D eigenvalue weighted by atomic mass is 32.1. The Morgan fingerprint density at radius 1 is 1.21 bits per heavy atom. The van der Waals surface area contributed by atoms with E-state index in [-0.39, 0.29) is 5.56 Å². The van der Waals surface area contributed by atoms with Gasteiger partial charge in [0.15, 0.2) is 5.69 Å². The van der Waals surface area contributed by atoms with Gasteiger partial charge in [-0.2, -0.15) is 0 Å². The summed E-state index contributed by atoms with van der Waals surface area (Å²) in [6.07, 6.45) is 1.56. The summed E-state index contributed by atoms with van der Waals surface area (Å²) in [6.45, 7) is 0. The molecule has 5 heteroatoms. The molecule has 0 saturated heterocycles. The number of nitrogens with one attached hydrogen (secondary N) is 1. The number of hydrogen-bond donors (Lipinski definition) is 1. The molecule has 1 N–H and O–H groups in total. The Morgan fingerprint density at radius 3 is 2.86 bits per heavy atom. The molecular formula is C9H7N3OS. The number of nitrogens with zero attached hydrogens (tertiary/aromatic N) is 2. The van der Waals surface area contributed by atoms with E-state index in [0.717, 1.165) is 5.00 Å². The molecule has 0 radical (unpaired) electrons. The molecule has 2 aromatic heterocycles. The first kappa shape index (κ1) is 8.83. The van der Waals surface area contributed by atoms with Gasteiger partial charge in [-0.25, -0.2) is 0 Å². The number of thiophene rings is 1. The van der Waals surface area contributed by atoms with Gasteiger partial charge in [0.05, 0.1) is 0 Å². The monoisotopic (exact) mass is 205 g/mol. The Kier molecular flexibility index (Phi) is 2.51. The number of aromatic amines is 1. The van der Waals surface area contributed by atoms with Gasteiger partial charge in [0.25, 0.3) is 5.56 Å². The second kappa shape index (κ2) is 3.97. The summed E-state index contributed by atoms with van der Waals surface area (Å²) in [4.78, 5) is 13.7. The number of hydrogen-bond acceptors (Lipinski definition) is 4. The first-order chi connectivity index (χ1) is 6.86. The zero-order valence-corrected chi connectivity index (χ0v) is 7.99. The Labute approximate surface area is 84.0 Å². The van der Waals surface area contributed by atoms with Crippen LogP contribution < -0.4 is 5.56 Å². The van der Waals surface area contributed by atoms with Gasteiger partial charge in [-0.1, -0.05) is 0 Å². The van der Waals surface area contributed by atoms with E-state index in [4.69, 9.17) is 0 Å². The van der Waals surface area contributed by atoms with Crippen LogP contribution in [0.4, 0.5) is 10.7 Å². The summed E-state index contributed by atoms with van der Waals surface area (Å²) < 4.78 is 0. The molecule has 0 aliphatic carbocycles. The zero-order valence-electron chi connectivity index (χ0n) is 7.18. The third-order valence-electron chi connectivity index (χ3n) is 1.56. The molecule has 70 valence electrons. The van der Waals surface area contributed by atoms with E-state index in [2.05, 4.69) is 15.2 Å². The van der Waals surface area contributed by atoms with Crippen LogP contribution in [0.15, 0.2) is 50.9 Å². The maximum atomic E-state index is 11.2. The normalized spacial score (nSPS) is 10.9. The van der Waals surface area contributed by atoms with Crippen molar-refractivity contribution >= 4 is 22.0 Å². The number of aromatic nitrogens is 1. The topological polar surface area (TPSA) is 57.6 Å². The fourth-order valence-electron chi connectivity index (χ4n) is 0.921. The minimum Gasteiger partial charge on any atom is -0.327 e. The quantitative estimate of drug-likeness (QED) is 0.753. The van der Waals surface area contributed by atoms with Crippen molar-refractivity contribution in [3.05, 3.63) is 46.2 Å². The van der Waals surface area contributed by atoms with Crippen LogP contribution in [0.3, 0.4) is 0 Å². The minimum atomic E-state index is -0.229. The van der Waals surface area contributed by atoms with Crippen molar-refractivity contribution in [1.29, 1.82) is 0 Å². The van der Waals surface area contributed by atoms with Crippen molar-refractivity contribution < 1.29 is 0 Å². The molecule has 0 unspecified atom stereocenters. The summed E-state index contributed by atoms with van der Waals surface area (Å²) in [6, 6.07) is 7.06. The SMILES string of the molecule is O=c1[nH]cccc1N=Nc1cccs1. The first-order valence-corrected chi connectivity index (χ1v) is 4.87. The number of rotatable bonds is 2. The lowest BCUT2D eigenvalue weighted by atomic mass is 10.4. The van der Waals surface area contributed by atoms with E-state index < -0.39 is 0 Å². The van der Waals surface area contributed by atoms with E-state index in [1.165, 1.54) is 11.3 Å². The molecule has 2 rings (SSSR count). The molecule has 0 atom stereocenters. The Bertz CT molecular complexity index is 487. The molecule has 0 aromatic carbocycles. The van der Waals surface area contributed by atoms with Crippen molar-refractivity contribution in [1.82, 2.24) is 4.98 Å². The Hall–Kier alpha value is -1.75. The average molecular weight is 205 g/mol. The fraction of sp³-hybridized carbons (Fsp3) is 0. The predicted octanol–water partition coefficient (Wildman–Crippen LogP) is 2.85. The van der Waals surface area contributed by atoms with Gasteiger partial charge in [-0.05, 0) is 29.6 Å². The molecule has 0 bridgehead atoms. The van der Waals surface area contributed by atoms with Crippen molar-refractivity contribution in [2.45, 2.75) is 0 Å². The highest BCUT2D eigenvalue weighted by Gasteiger charge is 1.94. The lowest BCUT2D eigenvalue weighted by molar-refractivity contribution is 1.16. The lowest BCUT2D eigenvalue weighted by Gasteiger charge is -1.87. The standard InChI is InChI=1S/C9H7N3OS/c13-9-7(3-1-5-10-9)11-12-8-4-2-6-14-8/h1-6H,(H,10,13). The van der Waals surface area contributed by atoms with E-state index in [1.807, 2.05) is 17.5 Å². The summed E-state index contributed by atoms with van der Waals surface area (Å²) in [5.41, 5.74) is 0.0914. The van der Waals surface area contributed by atoms with Gasteiger partial charge in [-0.15, -0.1) is 21.6 Å². The van der Waals surface area contributed by atoms with E-state index in [0.29, 0.717) is 5.69 Å². The van der Waals surface area contributed by atoms with Crippen LogP contribution >= 0.6 is 11.3 Å². The van der Waals surface area contributed by atoms with Crippen LogP contribution in [0, 0.1) is 0 Å². The van der Waals surface area contributed by atoms with Gasteiger partial charge in [0.1, 0.15) is 5.00 Å². The van der Waals surface area contributed by atoms with Crippen LogP contribution in [-0.4, -0.2) is 4.98 Å². The second-order valence-corrected chi connectivity index (χ2v) is 3.46. The molecule has 14 heavy (non-hydrogen) atoms. The van der Waals surface area contributed by atoms with E-state index in [1.54, 1.807) is 18.3 Å². The van der Waals surface area contributed by atoms with Crippen molar-refractivity contribution in [3.8, 4) is 0 Å². The second-order valence-electron chi connectivity index (χ2n) is 2.54. The van der Waals surface area contributed by atoms with Crippen molar-refractivity contribution in [3.63, 3.8) is 0 Å². The largest absolute Gasteiger partial charge is 0.327 e. The zero-order chi connectivity index (χ0) is 9.80. The molecule has 0 aliphatic rings. The van der Waals surface area contributed by atoms with Crippen LogP contribution in [0.25, 0.3) is 0 Å². The molecule has 2 aromatic rings. The highest BCUT2D eigenvalue weighted by molar-refractivity contribution is 7.13. The van der Waals surface area contributed by atoms with Crippen LogP contribution in [0.2, 0.25) is 0 Å². The molecule has 0 saturated carbocycles. The third kappa shape index (κ3) is 1.94. The Balaban J connectivity index is 2.27. The van der Waals surface area contributed by atoms with Gasteiger partial charge < -0.3 is 4.98 Å². The van der Waals surface area contributed by atoms with Crippen LogP contribution in [0.1, 0.15) is 0 Å². The first-order valence-electron chi connectivity index (χ1n) is 3.99. The third-order valence-corrected chi connectivity index (χ3v) is 2.31. The Morgan fingerprint density at radius 2 is 2.14 bits per heavy atom. The fourth-order valence-corrected chi connectivity index (χ4v) is 1.46. The van der Waals surface area contributed by atoms with E-state index in [9.17, 15) is 4.79 Å². The molecule has 0 aliphatic heterocycles. The molecule has 0 spiro atoms. The molecule has 2 heterocycles. The molecule has 0 amide bonds. The number of pyridine rings is 1. The summed E-state index contributed by atoms with van der Waals surface area (Å²) in [7, 11) is 0.